The molecule has 0 heterocycles. The van der Waals surface area contributed by atoms with E-state index < -0.39 is 0 Å². The summed E-state index contributed by atoms with van der Waals surface area (Å²) in [6.07, 6.45) is 0. The fourth-order valence-corrected chi connectivity index (χ4v) is 1.34. The Morgan fingerprint density at radius 3 is 2.60 bits per heavy atom. The maximum Gasteiger partial charge on any atom is 0.122 e. The molecule has 0 radical (unpaired) electrons. The van der Waals surface area contributed by atoms with Crippen molar-refractivity contribution in [1.29, 1.82) is 0 Å². The summed E-state index contributed by atoms with van der Waals surface area (Å²) in [6.45, 7) is 4.53. The molecule has 3 heteroatoms. The molecule has 0 aliphatic heterocycles. The average Bonchev–Trinajstić information content (AvgIpc) is 2.26. The minimum atomic E-state index is -0.315. The highest BCUT2D eigenvalue weighted by atomic mass is 16.5. The van der Waals surface area contributed by atoms with Crippen molar-refractivity contribution in [2.24, 2.45) is 5.73 Å². The number of aliphatic hydroxyl groups is 1. The number of nitrogens with two attached hydrogens (primary N) is 1. The standard InChI is InChI=1S/C12H19NO2/c1-9(2)11-5-3-4-6-12(11)15-8-10(13)7-14/h3-6,9-10,14H,7-8,13H2,1-2H3. The number of hydrogen-bond donors (Lipinski definition) is 2. The van der Waals surface area contributed by atoms with E-state index in [2.05, 4.69) is 13.8 Å². The lowest BCUT2D eigenvalue weighted by molar-refractivity contribution is 0.205. The molecule has 1 atom stereocenters. The van der Waals surface area contributed by atoms with Gasteiger partial charge in [-0.3, -0.25) is 0 Å². The normalized spacial score (nSPS) is 12.9. The van der Waals surface area contributed by atoms with Gasteiger partial charge in [0, 0.05) is 0 Å². The van der Waals surface area contributed by atoms with Gasteiger partial charge in [-0.15, -0.1) is 0 Å². The van der Waals surface area contributed by atoms with Crippen molar-refractivity contribution in [3.8, 4) is 5.75 Å². The van der Waals surface area contributed by atoms with Crippen LogP contribution in [0, 0.1) is 0 Å². The van der Waals surface area contributed by atoms with Crippen LogP contribution < -0.4 is 10.5 Å². The number of para-hydroxylation sites is 1. The topological polar surface area (TPSA) is 55.5 Å². The first-order chi connectivity index (χ1) is 7.15. The van der Waals surface area contributed by atoms with E-state index >= 15 is 0 Å². The van der Waals surface area contributed by atoms with Gasteiger partial charge in [0.1, 0.15) is 12.4 Å². The van der Waals surface area contributed by atoms with E-state index in [0.29, 0.717) is 12.5 Å². The van der Waals surface area contributed by atoms with Crippen LogP contribution in [-0.4, -0.2) is 24.4 Å². The first kappa shape index (κ1) is 12.0. The van der Waals surface area contributed by atoms with Gasteiger partial charge in [-0.05, 0) is 17.5 Å². The van der Waals surface area contributed by atoms with E-state index in [9.17, 15) is 0 Å². The third kappa shape index (κ3) is 3.53. The smallest absolute Gasteiger partial charge is 0.122 e. The van der Waals surface area contributed by atoms with Crippen molar-refractivity contribution in [3.05, 3.63) is 29.8 Å². The molecule has 3 N–H and O–H groups in total. The Morgan fingerprint density at radius 1 is 1.33 bits per heavy atom. The Labute approximate surface area is 90.9 Å². The zero-order chi connectivity index (χ0) is 11.3. The summed E-state index contributed by atoms with van der Waals surface area (Å²) in [6, 6.07) is 7.59. The van der Waals surface area contributed by atoms with Crippen LogP contribution in [0.15, 0.2) is 24.3 Å². The molecule has 3 nitrogen and oxygen atoms in total. The molecule has 0 aromatic heterocycles. The first-order valence-electron chi connectivity index (χ1n) is 5.23. The third-order valence-electron chi connectivity index (χ3n) is 2.23. The monoisotopic (exact) mass is 209 g/mol. The molecule has 1 rings (SSSR count). The quantitative estimate of drug-likeness (QED) is 0.772. The van der Waals surface area contributed by atoms with Crippen LogP contribution in [0.25, 0.3) is 0 Å². The summed E-state index contributed by atoms with van der Waals surface area (Å²) in [5.74, 6) is 1.28. The van der Waals surface area contributed by atoms with Gasteiger partial charge in [-0.2, -0.15) is 0 Å². The Hall–Kier alpha value is -1.06. The van der Waals surface area contributed by atoms with Crippen molar-refractivity contribution < 1.29 is 9.84 Å². The summed E-state index contributed by atoms with van der Waals surface area (Å²) < 4.78 is 5.57. The molecule has 1 aromatic rings. The predicted molar refractivity (Wildman–Crippen MR) is 61.1 cm³/mol. The van der Waals surface area contributed by atoms with Gasteiger partial charge in [-0.25, -0.2) is 0 Å². The molecule has 0 spiro atoms. The molecular formula is C12H19NO2. The molecule has 0 aliphatic carbocycles. The van der Waals surface area contributed by atoms with Crippen molar-refractivity contribution in [1.82, 2.24) is 0 Å². The molecule has 15 heavy (non-hydrogen) atoms. The van der Waals surface area contributed by atoms with Crippen LogP contribution in [0.5, 0.6) is 5.75 Å². The Morgan fingerprint density at radius 2 is 2.00 bits per heavy atom. The van der Waals surface area contributed by atoms with Crippen LogP contribution in [0.4, 0.5) is 0 Å². The Bertz CT molecular complexity index is 299. The highest BCUT2D eigenvalue weighted by Gasteiger charge is 2.08. The average molecular weight is 209 g/mol. The van der Waals surface area contributed by atoms with Crippen LogP contribution in [0.3, 0.4) is 0 Å². The van der Waals surface area contributed by atoms with Gasteiger partial charge >= 0.3 is 0 Å². The molecule has 0 bridgehead atoms. The summed E-state index contributed by atoms with van der Waals surface area (Å²) in [7, 11) is 0. The van der Waals surface area contributed by atoms with Crippen LogP contribution in [0.2, 0.25) is 0 Å². The second-order valence-electron chi connectivity index (χ2n) is 3.95. The third-order valence-corrected chi connectivity index (χ3v) is 2.23. The molecule has 0 saturated carbocycles. The van der Waals surface area contributed by atoms with E-state index in [-0.39, 0.29) is 12.6 Å². The first-order valence-corrected chi connectivity index (χ1v) is 5.23. The maximum absolute atomic E-state index is 8.79. The van der Waals surface area contributed by atoms with Crippen molar-refractivity contribution in [3.63, 3.8) is 0 Å². The lowest BCUT2D eigenvalue weighted by Gasteiger charge is -2.15. The predicted octanol–water partition coefficient (Wildman–Crippen LogP) is 1.51. The number of hydrogen-bond acceptors (Lipinski definition) is 3. The van der Waals surface area contributed by atoms with Crippen LogP contribution in [-0.2, 0) is 0 Å². The molecule has 1 aromatic carbocycles. The van der Waals surface area contributed by atoms with Gasteiger partial charge < -0.3 is 15.6 Å². The summed E-state index contributed by atoms with van der Waals surface area (Å²) >= 11 is 0. The molecule has 0 amide bonds. The van der Waals surface area contributed by atoms with Gasteiger partial charge in [0.25, 0.3) is 0 Å². The van der Waals surface area contributed by atoms with Crippen LogP contribution >= 0.6 is 0 Å². The van der Waals surface area contributed by atoms with Gasteiger partial charge in [0.05, 0.1) is 12.6 Å². The molecular weight excluding hydrogens is 190 g/mol. The summed E-state index contributed by atoms with van der Waals surface area (Å²) in [5.41, 5.74) is 6.74. The highest BCUT2D eigenvalue weighted by molar-refractivity contribution is 5.35. The van der Waals surface area contributed by atoms with Crippen molar-refractivity contribution >= 4 is 0 Å². The zero-order valence-corrected chi connectivity index (χ0v) is 9.31. The molecule has 0 aliphatic rings. The fraction of sp³-hybridized carbons (Fsp3) is 0.500. The van der Waals surface area contributed by atoms with Crippen molar-refractivity contribution in [2.45, 2.75) is 25.8 Å². The Kier molecular flexibility index (Phi) is 4.59. The van der Waals surface area contributed by atoms with E-state index in [1.54, 1.807) is 0 Å². The number of benzene rings is 1. The van der Waals surface area contributed by atoms with Gasteiger partial charge in [0.15, 0.2) is 0 Å². The maximum atomic E-state index is 8.79. The van der Waals surface area contributed by atoms with E-state index in [1.807, 2.05) is 24.3 Å². The molecule has 84 valence electrons. The molecule has 0 fully saturated rings. The van der Waals surface area contributed by atoms with Gasteiger partial charge in [-0.1, -0.05) is 32.0 Å². The lowest BCUT2D eigenvalue weighted by atomic mass is 10.0. The summed E-state index contributed by atoms with van der Waals surface area (Å²) in [4.78, 5) is 0. The summed E-state index contributed by atoms with van der Waals surface area (Å²) in [5, 5.41) is 8.79. The minimum absolute atomic E-state index is 0.0517. The number of rotatable bonds is 5. The Balaban J connectivity index is 2.67. The second kappa shape index (κ2) is 5.73. The van der Waals surface area contributed by atoms with Gasteiger partial charge in [0.2, 0.25) is 0 Å². The van der Waals surface area contributed by atoms with E-state index in [1.165, 1.54) is 5.56 Å². The number of aliphatic hydroxyl groups excluding tert-OH is 1. The number of ether oxygens (including phenoxy) is 1. The molecule has 0 saturated heterocycles. The highest BCUT2D eigenvalue weighted by Crippen LogP contribution is 2.25. The zero-order valence-electron chi connectivity index (χ0n) is 9.31. The molecule has 1 unspecified atom stereocenters. The fourth-order valence-electron chi connectivity index (χ4n) is 1.34. The second-order valence-corrected chi connectivity index (χ2v) is 3.95. The van der Waals surface area contributed by atoms with E-state index in [4.69, 9.17) is 15.6 Å². The SMILES string of the molecule is CC(C)c1ccccc1OCC(N)CO. The lowest BCUT2D eigenvalue weighted by Crippen LogP contribution is -2.31. The largest absolute Gasteiger partial charge is 0.492 e. The van der Waals surface area contributed by atoms with Crippen LogP contribution in [0.1, 0.15) is 25.3 Å². The van der Waals surface area contributed by atoms with E-state index in [0.717, 1.165) is 5.75 Å². The van der Waals surface area contributed by atoms with Crippen molar-refractivity contribution in [2.75, 3.05) is 13.2 Å². The minimum Gasteiger partial charge on any atom is -0.492 e.